The second-order valence-corrected chi connectivity index (χ2v) is 4.27. The van der Waals surface area contributed by atoms with Crippen LogP contribution in [0, 0.1) is 6.92 Å². The Kier molecular flexibility index (Phi) is 3.74. The number of nitrogens with one attached hydrogen (secondary N) is 1. The van der Waals surface area contributed by atoms with Gasteiger partial charge in [-0.3, -0.25) is 4.79 Å². The number of hydrogen-bond donors (Lipinski definition) is 3. The van der Waals surface area contributed by atoms with Crippen molar-refractivity contribution in [3.8, 4) is 0 Å². The van der Waals surface area contributed by atoms with Crippen LogP contribution in [0.3, 0.4) is 0 Å². The third-order valence-corrected chi connectivity index (χ3v) is 2.92. The van der Waals surface area contributed by atoms with Gasteiger partial charge in [0.2, 0.25) is 11.7 Å². The van der Waals surface area contributed by atoms with E-state index in [9.17, 15) is 9.59 Å². The molecular weight excluding hydrogens is 260 g/mol. The lowest BCUT2D eigenvalue weighted by Crippen LogP contribution is -2.13. The van der Waals surface area contributed by atoms with Gasteiger partial charge in [0, 0.05) is 11.3 Å². The molecule has 4 N–H and O–H groups in total. The molecular formula is C14H14N2O4. The lowest BCUT2D eigenvalue weighted by atomic mass is 10.1. The first-order chi connectivity index (χ1) is 9.49. The van der Waals surface area contributed by atoms with E-state index in [1.165, 1.54) is 6.07 Å². The number of furan rings is 1. The summed E-state index contributed by atoms with van der Waals surface area (Å²) < 4.78 is 5.13. The average Bonchev–Trinajstić information content (AvgIpc) is 2.86. The summed E-state index contributed by atoms with van der Waals surface area (Å²) in [5, 5.41) is 11.8. The van der Waals surface area contributed by atoms with Crippen LogP contribution >= 0.6 is 0 Å². The minimum Gasteiger partial charge on any atom is -0.475 e. The molecule has 104 valence electrons. The molecule has 2 rings (SSSR count). The zero-order chi connectivity index (χ0) is 14.7. The molecule has 0 saturated heterocycles. The first kappa shape index (κ1) is 13.7. The maximum Gasteiger partial charge on any atom is 0.371 e. The van der Waals surface area contributed by atoms with E-state index in [0.717, 1.165) is 11.3 Å². The average molecular weight is 274 g/mol. The first-order valence-electron chi connectivity index (χ1n) is 5.94. The van der Waals surface area contributed by atoms with Crippen LogP contribution < -0.4 is 11.1 Å². The molecule has 0 atom stereocenters. The van der Waals surface area contributed by atoms with E-state index in [2.05, 4.69) is 5.32 Å². The van der Waals surface area contributed by atoms with Gasteiger partial charge in [-0.05, 0) is 36.8 Å². The minimum absolute atomic E-state index is 0.107. The third-order valence-electron chi connectivity index (χ3n) is 2.92. The minimum atomic E-state index is -1.11. The standard InChI is InChI=1S/C14H14N2O4/c1-8-10(13(15)17)3-2-4-11(8)16-7-9-5-6-12(20-9)14(18)19/h2-6,16H,7H2,1H3,(H2,15,17)(H,18,19). The highest BCUT2D eigenvalue weighted by atomic mass is 16.4. The summed E-state index contributed by atoms with van der Waals surface area (Å²) in [7, 11) is 0. The lowest BCUT2D eigenvalue weighted by molar-refractivity contribution is 0.0660. The van der Waals surface area contributed by atoms with Crippen molar-refractivity contribution in [1.29, 1.82) is 0 Å². The van der Waals surface area contributed by atoms with E-state index in [1.807, 2.05) is 6.07 Å². The summed E-state index contributed by atoms with van der Waals surface area (Å²) in [4.78, 5) is 21.9. The van der Waals surface area contributed by atoms with Crippen LogP contribution in [0.25, 0.3) is 0 Å². The second kappa shape index (κ2) is 5.48. The number of carbonyl (C=O) groups excluding carboxylic acids is 1. The molecule has 0 aliphatic heterocycles. The Hall–Kier alpha value is -2.76. The fourth-order valence-electron chi connectivity index (χ4n) is 1.86. The maximum atomic E-state index is 11.2. The Balaban J connectivity index is 2.12. The molecule has 0 spiro atoms. The molecule has 0 aliphatic rings. The van der Waals surface area contributed by atoms with Crippen LogP contribution in [0.1, 0.15) is 32.2 Å². The largest absolute Gasteiger partial charge is 0.475 e. The monoisotopic (exact) mass is 274 g/mol. The maximum absolute atomic E-state index is 11.2. The highest BCUT2D eigenvalue weighted by Gasteiger charge is 2.11. The summed E-state index contributed by atoms with van der Waals surface area (Å²) in [6.07, 6.45) is 0. The van der Waals surface area contributed by atoms with E-state index in [4.69, 9.17) is 15.3 Å². The number of rotatable bonds is 5. The second-order valence-electron chi connectivity index (χ2n) is 4.27. The normalized spacial score (nSPS) is 10.2. The zero-order valence-corrected chi connectivity index (χ0v) is 10.8. The number of aromatic carboxylic acids is 1. The van der Waals surface area contributed by atoms with Gasteiger partial charge in [-0.1, -0.05) is 6.07 Å². The molecule has 1 heterocycles. The van der Waals surface area contributed by atoms with Crippen molar-refractivity contribution in [1.82, 2.24) is 0 Å². The van der Waals surface area contributed by atoms with Gasteiger partial charge in [0.15, 0.2) is 0 Å². The predicted octanol–water partition coefficient (Wildman–Crippen LogP) is 2.00. The smallest absolute Gasteiger partial charge is 0.371 e. The number of carboxylic acids is 1. The van der Waals surface area contributed by atoms with Crippen molar-refractivity contribution in [2.75, 3.05) is 5.32 Å². The molecule has 0 saturated carbocycles. The highest BCUT2D eigenvalue weighted by Crippen LogP contribution is 2.19. The van der Waals surface area contributed by atoms with Gasteiger partial charge >= 0.3 is 5.97 Å². The summed E-state index contributed by atoms with van der Waals surface area (Å²) >= 11 is 0. The quantitative estimate of drug-likeness (QED) is 0.773. The van der Waals surface area contributed by atoms with Gasteiger partial charge < -0.3 is 20.6 Å². The van der Waals surface area contributed by atoms with Crippen molar-refractivity contribution >= 4 is 17.6 Å². The van der Waals surface area contributed by atoms with Crippen LogP contribution in [-0.4, -0.2) is 17.0 Å². The number of nitrogens with two attached hydrogens (primary N) is 1. The summed E-state index contributed by atoms with van der Waals surface area (Å²) in [6.45, 7) is 2.10. The molecule has 2 aromatic rings. The first-order valence-corrected chi connectivity index (χ1v) is 5.94. The molecule has 0 fully saturated rings. The third kappa shape index (κ3) is 2.80. The van der Waals surface area contributed by atoms with Crippen LogP contribution in [0.5, 0.6) is 0 Å². The van der Waals surface area contributed by atoms with Gasteiger partial charge in [0.25, 0.3) is 0 Å². The number of anilines is 1. The molecule has 1 aromatic heterocycles. The Morgan fingerprint density at radius 2 is 2.05 bits per heavy atom. The fourth-order valence-corrected chi connectivity index (χ4v) is 1.86. The Bertz CT molecular complexity index is 661. The molecule has 0 unspecified atom stereocenters. The van der Waals surface area contributed by atoms with E-state index in [-0.39, 0.29) is 5.76 Å². The van der Waals surface area contributed by atoms with Crippen LogP contribution in [0.15, 0.2) is 34.7 Å². The Morgan fingerprint density at radius 1 is 1.30 bits per heavy atom. The number of amides is 1. The number of hydrogen-bond acceptors (Lipinski definition) is 4. The molecule has 1 amide bonds. The Labute approximate surface area is 115 Å². The van der Waals surface area contributed by atoms with E-state index in [1.54, 1.807) is 25.1 Å². The summed E-state index contributed by atoms with van der Waals surface area (Å²) in [5.74, 6) is -1.21. The van der Waals surface area contributed by atoms with Crippen LogP contribution in [-0.2, 0) is 6.54 Å². The number of carboxylic acid groups (broad SMARTS) is 1. The van der Waals surface area contributed by atoms with Crippen molar-refractivity contribution in [2.24, 2.45) is 5.73 Å². The highest BCUT2D eigenvalue weighted by molar-refractivity contribution is 5.95. The molecule has 6 heteroatoms. The molecule has 1 aromatic carbocycles. The van der Waals surface area contributed by atoms with Gasteiger partial charge in [0.05, 0.1) is 6.54 Å². The van der Waals surface area contributed by atoms with Crippen molar-refractivity contribution in [3.63, 3.8) is 0 Å². The number of primary amides is 1. The fraction of sp³-hybridized carbons (Fsp3) is 0.143. The molecule has 0 aliphatic carbocycles. The van der Waals surface area contributed by atoms with E-state index in [0.29, 0.717) is 17.9 Å². The number of carbonyl (C=O) groups is 2. The predicted molar refractivity (Wildman–Crippen MR) is 72.7 cm³/mol. The van der Waals surface area contributed by atoms with Gasteiger partial charge in [-0.2, -0.15) is 0 Å². The molecule has 0 radical (unpaired) electrons. The van der Waals surface area contributed by atoms with Gasteiger partial charge in [0.1, 0.15) is 5.76 Å². The van der Waals surface area contributed by atoms with E-state index >= 15 is 0 Å². The van der Waals surface area contributed by atoms with Crippen molar-refractivity contribution in [2.45, 2.75) is 13.5 Å². The molecule has 0 bridgehead atoms. The van der Waals surface area contributed by atoms with Crippen LogP contribution in [0.4, 0.5) is 5.69 Å². The van der Waals surface area contributed by atoms with Crippen molar-refractivity contribution < 1.29 is 19.1 Å². The molecule has 20 heavy (non-hydrogen) atoms. The van der Waals surface area contributed by atoms with Crippen LogP contribution in [0.2, 0.25) is 0 Å². The topological polar surface area (TPSA) is 106 Å². The summed E-state index contributed by atoms with van der Waals surface area (Å²) in [5.41, 5.74) is 7.21. The SMILES string of the molecule is Cc1c(NCc2ccc(C(=O)O)o2)cccc1C(N)=O. The zero-order valence-electron chi connectivity index (χ0n) is 10.8. The van der Waals surface area contributed by atoms with E-state index < -0.39 is 11.9 Å². The lowest BCUT2D eigenvalue weighted by Gasteiger charge is -2.10. The van der Waals surface area contributed by atoms with Gasteiger partial charge in [-0.15, -0.1) is 0 Å². The summed E-state index contributed by atoms with van der Waals surface area (Å²) in [6, 6.07) is 8.16. The van der Waals surface area contributed by atoms with Crippen molar-refractivity contribution in [3.05, 3.63) is 53.0 Å². The molecule has 6 nitrogen and oxygen atoms in total. The number of benzene rings is 1. The van der Waals surface area contributed by atoms with Gasteiger partial charge in [-0.25, -0.2) is 4.79 Å². The Morgan fingerprint density at radius 3 is 2.65 bits per heavy atom.